The van der Waals surface area contributed by atoms with Crippen LogP contribution in [0.15, 0.2) is 24.5 Å². The van der Waals surface area contributed by atoms with Gasteiger partial charge in [-0.2, -0.15) is 0 Å². The summed E-state index contributed by atoms with van der Waals surface area (Å²) in [7, 11) is 1.25. The molecule has 0 atom stereocenters. The van der Waals surface area contributed by atoms with E-state index >= 15 is 0 Å². The molecule has 0 saturated carbocycles. The molecule has 0 aliphatic carbocycles. The summed E-state index contributed by atoms with van der Waals surface area (Å²) in [5, 5.41) is 0. The molecule has 0 bridgehead atoms. The molecule has 72 valence electrons. The van der Waals surface area contributed by atoms with Gasteiger partial charge in [0.1, 0.15) is 0 Å². The maximum Gasteiger partial charge on any atom is 0.380 e. The zero-order valence-corrected chi connectivity index (χ0v) is 7.28. The summed E-state index contributed by atoms with van der Waals surface area (Å²) in [6.45, 7) is 3.41. The first-order valence-corrected chi connectivity index (χ1v) is 3.47. The minimum atomic E-state index is -0.908. The number of ether oxygens (including phenoxy) is 2. The maximum absolute atomic E-state index is 10.8. The predicted molar refractivity (Wildman–Crippen MR) is 45.4 cm³/mol. The van der Waals surface area contributed by atoms with Crippen LogP contribution in [0.5, 0.6) is 0 Å². The second-order valence-electron chi connectivity index (χ2n) is 1.97. The van der Waals surface area contributed by atoms with E-state index < -0.39 is 11.9 Å². The number of methoxy groups -OCH3 is 1. The molecule has 5 nitrogen and oxygen atoms in total. The number of carbonyl (C=O) groups is 2. The van der Waals surface area contributed by atoms with Gasteiger partial charge in [0.05, 0.1) is 7.11 Å². The molecule has 0 aliphatic heterocycles. The van der Waals surface area contributed by atoms with Crippen molar-refractivity contribution in [2.24, 2.45) is 5.73 Å². The van der Waals surface area contributed by atoms with Crippen molar-refractivity contribution in [3.05, 3.63) is 24.5 Å². The van der Waals surface area contributed by atoms with Crippen LogP contribution < -0.4 is 5.73 Å². The number of esters is 2. The molecule has 0 spiro atoms. The Morgan fingerprint density at radius 2 is 2.15 bits per heavy atom. The lowest BCUT2D eigenvalue weighted by atomic mass is 10.5. The van der Waals surface area contributed by atoms with Gasteiger partial charge >= 0.3 is 11.9 Å². The van der Waals surface area contributed by atoms with E-state index in [2.05, 4.69) is 16.1 Å². The van der Waals surface area contributed by atoms with Crippen LogP contribution in [0.3, 0.4) is 0 Å². The van der Waals surface area contributed by atoms with Crippen molar-refractivity contribution in [2.45, 2.75) is 0 Å². The van der Waals surface area contributed by atoms with Crippen molar-refractivity contribution in [3.8, 4) is 0 Å². The Labute approximate surface area is 75.8 Å². The monoisotopic (exact) mass is 185 g/mol. The molecule has 0 radical (unpaired) electrons. The van der Waals surface area contributed by atoms with Crippen LogP contribution >= 0.6 is 0 Å². The lowest BCUT2D eigenvalue weighted by Crippen LogP contribution is -2.13. The van der Waals surface area contributed by atoms with Crippen molar-refractivity contribution in [1.82, 2.24) is 0 Å². The van der Waals surface area contributed by atoms with E-state index in [0.29, 0.717) is 0 Å². The molecule has 0 aromatic carbocycles. The summed E-state index contributed by atoms with van der Waals surface area (Å²) in [6.07, 6.45) is 2.42. The van der Waals surface area contributed by atoms with E-state index in [1.165, 1.54) is 13.2 Å². The number of hydrogen-bond donors (Lipinski definition) is 1. The summed E-state index contributed by atoms with van der Waals surface area (Å²) in [6, 6.07) is 0. The van der Waals surface area contributed by atoms with Crippen LogP contribution in [0.25, 0.3) is 0 Å². The van der Waals surface area contributed by atoms with Gasteiger partial charge in [0, 0.05) is 12.6 Å². The molecule has 13 heavy (non-hydrogen) atoms. The fourth-order valence-electron chi connectivity index (χ4n) is 0.430. The van der Waals surface area contributed by atoms with Gasteiger partial charge in [0.25, 0.3) is 0 Å². The summed E-state index contributed by atoms with van der Waals surface area (Å²) < 4.78 is 8.71. The smallest absolute Gasteiger partial charge is 0.380 e. The van der Waals surface area contributed by atoms with Gasteiger partial charge in [0.15, 0.2) is 5.76 Å². The van der Waals surface area contributed by atoms with E-state index in [4.69, 9.17) is 5.73 Å². The highest BCUT2D eigenvalue weighted by atomic mass is 16.6. The van der Waals surface area contributed by atoms with Gasteiger partial charge < -0.3 is 15.2 Å². The predicted octanol–water partition coefficient (Wildman–Crippen LogP) is -0.269. The molecule has 0 aromatic rings. The Morgan fingerprint density at radius 3 is 2.62 bits per heavy atom. The standard InChI is InChI=1S/C8H11NO4/c1-6(12-2)8(11)13-7(10)4-3-5-9/h3-4H,1,5,9H2,2H3. The van der Waals surface area contributed by atoms with Crippen LogP contribution in [0, 0.1) is 0 Å². The van der Waals surface area contributed by atoms with E-state index in [1.807, 2.05) is 0 Å². The minimum absolute atomic E-state index is 0.203. The van der Waals surface area contributed by atoms with Crippen LogP contribution in [0.2, 0.25) is 0 Å². The Kier molecular flexibility index (Phi) is 5.22. The molecule has 0 rings (SSSR count). The average molecular weight is 185 g/mol. The Balaban J connectivity index is 3.99. The summed E-state index contributed by atoms with van der Waals surface area (Å²) in [5.41, 5.74) is 5.07. The number of rotatable bonds is 4. The maximum atomic E-state index is 10.8. The third-order valence-corrected chi connectivity index (χ3v) is 1.06. The van der Waals surface area contributed by atoms with E-state index in [0.717, 1.165) is 6.08 Å². The highest BCUT2D eigenvalue weighted by Crippen LogP contribution is 1.95. The number of carbonyl (C=O) groups excluding carboxylic acids is 2. The van der Waals surface area contributed by atoms with Gasteiger partial charge in [-0.3, -0.25) is 0 Å². The third-order valence-electron chi connectivity index (χ3n) is 1.06. The molecule has 0 aromatic heterocycles. The van der Waals surface area contributed by atoms with Gasteiger partial charge in [-0.25, -0.2) is 9.59 Å². The summed E-state index contributed by atoms with van der Waals surface area (Å²) in [5.74, 6) is -1.93. The van der Waals surface area contributed by atoms with Crippen molar-refractivity contribution >= 4 is 11.9 Å². The van der Waals surface area contributed by atoms with Crippen LogP contribution in [-0.4, -0.2) is 25.6 Å². The second kappa shape index (κ2) is 5.96. The first kappa shape index (κ1) is 11.4. The highest BCUT2D eigenvalue weighted by molar-refractivity contribution is 5.98. The lowest BCUT2D eigenvalue weighted by molar-refractivity contribution is -0.155. The van der Waals surface area contributed by atoms with Gasteiger partial charge in [-0.1, -0.05) is 6.08 Å². The van der Waals surface area contributed by atoms with Gasteiger partial charge in [-0.15, -0.1) is 0 Å². The summed E-state index contributed by atoms with van der Waals surface area (Å²) >= 11 is 0. The van der Waals surface area contributed by atoms with E-state index in [9.17, 15) is 9.59 Å². The molecule has 2 N–H and O–H groups in total. The molecular weight excluding hydrogens is 174 g/mol. The van der Waals surface area contributed by atoms with Crippen molar-refractivity contribution < 1.29 is 19.1 Å². The molecule has 0 heterocycles. The SMILES string of the molecule is C=C(OC)C(=O)OC(=O)C=CCN. The van der Waals surface area contributed by atoms with Gasteiger partial charge in [0.2, 0.25) is 0 Å². The molecule has 5 heteroatoms. The first-order valence-electron chi connectivity index (χ1n) is 3.47. The van der Waals surface area contributed by atoms with Crippen molar-refractivity contribution in [1.29, 1.82) is 0 Å². The van der Waals surface area contributed by atoms with Crippen LogP contribution in [0.1, 0.15) is 0 Å². The van der Waals surface area contributed by atoms with Crippen molar-refractivity contribution in [2.75, 3.05) is 13.7 Å². The fourth-order valence-corrected chi connectivity index (χ4v) is 0.430. The normalized spacial score (nSPS) is 9.69. The van der Waals surface area contributed by atoms with Crippen LogP contribution in [-0.2, 0) is 19.1 Å². The number of nitrogens with two attached hydrogens (primary N) is 1. The Morgan fingerprint density at radius 1 is 1.54 bits per heavy atom. The van der Waals surface area contributed by atoms with Crippen LogP contribution in [0.4, 0.5) is 0 Å². The fraction of sp³-hybridized carbons (Fsp3) is 0.250. The lowest BCUT2D eigenvalue weighted by Gasteiger charge is -2.00. The number of hydrogen-bond acceptors (Lipinski definition) is 5. The Hall–Kier alpha value is -1.62. The first-order chi connectivity index (χ1) is 6.11. The molecule has 0 saturated heterocycles. The molecule has 0 amide bonds. The molecular formula is C8H11NO4. The van der Waals surface area contributed by atoms with E-state index in [-0.39, 0.29) is 12.3 Å². The van der Waals surface area contributed by atoms with Crippen molar-refractivity contribution in [3.63, 3.8) is 0 Å². The zero-order valence-electron chi connectivity index (χ0n) is 7.28. The largest absolute Gasteiger partial charge is 0.490 e. The highest BCUT2D eigenvalue weighted by Gasteiger charge is 2.11. The molecule has 0 fully saturated rings. The molecule has 0 aliphatic rings. The summed E-state index contributed by atoms with van der Waals surface area (Å²) in [4.78, 5) is 21.6. The second-order valence-corrected chi connectivity index (χ2v) is 1.97. The third kappa shape index (κ3) is 4.76. The quantitative estimate of drug-likeness (QED) is 0.282. The topological polar surface area (TPSA) is 78.6 Å². The Bertz CT molecular complexity index is 245. The minimum Gasteiger partial charge on any atom is -0.490 e. The average Bonchev–Trinajstić information content (AvgIpc) is 2.13. The molecule has 0 unspecified atom stereocenters. The van der Waals surface area contributed by atoms with Gasteiger partial charge in [-0.05, 0) is 6.58 Å². The zero-order chi connectivity index (χ0) is 10.3. The van der Waals surface area contributed by atoms with E-state index in [1.54, 1.807) is 0 Å².